The Bertz CT molecular complexity index is 2170. The molecule has 1 amide bonds. The normalized spacial score (nSPS) is 20.2. The molecule has 0 unspecified atom stereocenters. The summed E-state index contributed by atoms with van der Waals surface area (Å²) < 4.78 is 91.1. The molecule has 2 aliphatic carbocycles. The van der Waals surface area contributed by atoms with Gasteiger partial charge >= 0.3 is 18.7 Å². The lowest BCUT2D eigenvalue weighted by atomic mass is 9.75. The lowest BCUT2D eigenvalue weighted by Gasteiger charge is -2.35. The van der Waals surface area contributed by atoms with Gasteiger partial charge in [-0.2, -0.15) is 46.7 Å². The van der Waals surface area contributed by atoms with Crippen molar-refractivity contribution in [1.29, 1.82) is 0 Å². The first-order valence-electron chi connectivity index (χ1n) is 17.4. The van der Waals surface area contributed by atoms with Crippen LogP contribution in [0.4, 0.5) is 26.3 Å². The van der Waals surface area contributed by atoms with E-state index in [4.69, 9.17) is 22.1 Å². The molecule has 55 heavy (non-hydrogen) atoms. The first kappa shape index (κ1) is 38.3. The average Bonchev–Trinajstić information content (AvgIpc) is 3.97. The van der Waals surface area contributed by atoms with Gasteiger partial charge in [-0.3, -0.25) is 14.5 Å². The zero-order chi connectivity index (χ0) is 39.7. The van der Waals surface area contributed by atoms with Gasteiger partial charge in [-0.15, -0.1) is 0 Å². The zero-order valence-corrected chi connectivity index (χ0v) is 30.6. The third-order valence-corrected chi connectivity index (χ3v) is 10.4. The van der Waals surface area contributed by atoms with Crippen molar-refractivity contribution in [3.05, 3.63) is 70.9 Å². The third kappa shape index (κ3) is 7.27. The molecular formula is C36H36ClF6N9O3. The van der Waals surface area contributed by atoms with Crippen molar-refractivity contribution in [2.75, 3.05) is 6.61 Å². The van der Waals surface area contributed by atoms with Crippen LogP contribution in [0.15, 0.2) is 53.9 Å². The van der Waals surface area contributed by atoms with Gasteiger partial charge in [0.15, 0.2) is 17.3 Å². The maximum atomic E-state index is 16.4. The molecule has 19 heteroatoms. The molecule has 4 aromatic rings. The Morgan fingerprint density at radius 1 is 1.09 bits per heavy atom. The highest BCUT2D eigenvalue weighted by Crippen LogP contribution is 2.60. The monoisotopic (exact) mass is 791 g/mol. The summed E-state index contributed by atoms with van der Waals surface area (Å²) in [5.41, 5.74) is 2.45. The van der Waals surface area contributed by atoms with Crippen LogP contribution < -0.4 is 5.73 Å². The second kappa shape index (κ2) is 13.6. The van der Waals surface area contributed by atoms with E-state index < -0.39 is 71.8 Å². The van der Waals surface area contributed by atoms with Crippen LogP contribution in [0.3, 0.4) is 0 Å². The molecule has 2 saturated carbocycles. The number of halogens is 7. The number of rotatable bonds is 12. The first-order valence-corrected chi connectivity index (χ1v) is 17.8. The number of amides is 1. The van der Waals surface area contributed by atoms with Crippen molar-refractivity contribution >= 4 is 29.4 Å². The van der Waals surface area contributed by atoms with E-state index in [-0.39, 0.29) is 52.8 Å². The van der Waals surface area contributed by atoms with E-state index in [0.717, 1.165) is 24.1 Å². The summed E-state index contributed by atoms with van der Waals surface area (Å²) in [6.45, 7) is 1.61. The number of aliphatic imine (C=N–C) groups is 1. The molecule has 1 aliphatic heterocycles. The molecule has 3 aliphatic rings. The van der Waals surface area contributed by atoms with Crippen LogP contribution in [0.1, 0.15) is 89.1 Å². The molecule has 0 radical (unpaired) electrons. The number of alkyl halides is 5. The summed E-state index contributed by atoms with van der Waals surface area (Å²) in [6, 6.07) is 7.05. The maximum absolute atomic E-state index is 16.4. The Kier molecular flexibility index (Phi) is 9.49. The summed E-state index contributed by atoms with van der Waals surface area (Å²) in [4.78, 5) is 39.0. The van der Waals surface area contributed by atoms with Gasteiger partial charge in [-0.1, -0.05) is 50.6 Å². The summed E-state index contributed by atoms with van der Waals surface area (Å²) in [7, 11) is 0. The van der Waals surface area contributed by atoms with Crippen LogP contribution in [0.25, 0.3) is 22.6 Å². The first-order chi connectivity index (χ1) is 25.8. The van der Waals surface area contributed by atoms with Gasteiger partial charge in [0.25, 0.3) is 5.91 Å². The number of hydrogen-bond donors (Lipinski definition) is 1. The molecule has 0 bridgehead atoms. The van der Waals surface area contributed by atoms with Crippen molar-refractivity contribution < 1.29 is 40.7 Å². The molecule has 0 saturated heterocycles. The summed E-state index contributed by atoms with van der Waals surface area (Å²) in [6.07, 6.45) is -1.85. The number of esters is 1. The Morgan fingerprint density at radius 3 is 2.44 bits per heavy atom. The Morgan fingerprint density at radius 2 is 1.82 bits per heavy atom. The van der Waals surface area contributed by atoms with Crippen molar-refractivity contribution in [1.82, 2.24) is 34.7 Å². The van der Waals surface area contributed by atoms with E-state index in [1.807, 2.05) is 20.8 Å². The highest BCUT2D eigenvalue weighted by molar-refractivity contribution is 6.33. The molecule has 0 spiro atoms. The van der Waals surface area contributed by atoms with Gasteiger partial charge in [0.1, 0.15) is 24.4 Å². The Balaban J connectivity index is 1.28. The van der Waals surface area contributed by atoms with E-state index in [1.54, 1.807) is 10.9 Å². The minimum Gasteiger partial charge on any atom is -0.463 e. The highest BCUT2D eigenvalue weighted by atomic mass is 35.5. The smallest absolute Gasteiger partial charge is 0.395 e. The van der Waals surface area contributed by atoms with E-state index in [1.165, 1.54) is 36.5 Å². The number of aromatic nitrogens is 6. The largest absolute Gasteiger partial charge is 0.463 e. The number of nitrogens with two attached hydrogens (primary N) is 1. The number of hydrogen-bond acceptors (Lipinski definition) is 9. The fraction of sp³-hybridized carbons (Fsp3) is 0.472. The van der Waals surface area contributed by atoms with Crippen LogP contribution in [-0.4, -0.2) is 65.3 Å². The van der Waals surface area contributed by atoms with Crippen molar-refractivity contribution in [2.45, 2.75) is 89.6 Å². The maximum Gasteiger partial charge on any atom is 0.395 e. The molecule has 7 rings (SSSR count). The molecule has 292 valence electrons. The molecule has 12 nitrogen and oxygen atoms in total. The van der Waals surface area contributed by atoms with Gasteiger partial charge in [-0.05, 0) is 61.3 Å². The average molecular weight is 792 g/mol. The van der Waals surface area contributed by atoms with Crippen molar-refractivity contribution in [3.63, 3.8) is 0 Å². The topological polar surface area (TPSA) is 146 Å². The lowest BCUT2D eigenvalue weighted by Crippen LogP contribution is -2.47. The lowest BCUT2D eigenvalue weighted by molar-refractivity contribution is -0.195. The van der Waals surface area contributed by atoms with Crippen molar-refractivity contribution in [3.8, 4) is 22.6 Å². The standard InChI is InChI=1S/C36H36ClF6N9O3/c1-33(2,3)17-35(23-8-4-19(13-25(23)38)26-15-46-52(49-26)21-6-7-21)30(54)50(32(44)48-35)27(16-55-28(53)14-34(10-11-34)36(41,42)43)20-5-9-24(37)22(12-20)29-45-18-47-51(29)31(39)40/h4-5,8-9,12-13,15,18,21,27,31H,6-7,10-11,14,16-17H2,1-3H3,(H2,44,48)/t27-,35-/m1/s1. The van der Waals surface area contributed by atoms with Crippen LogP contribution in [0.2, 0.25) is 5.02 Å². The number of ether oxygens (including phenoxy) is 1. The molecule has 2 aromatic carbocycles. The summed E-state index contributed by atoms with van der Waals surface area (Å²) >= 11 is 6.43. The second-order valence-corrected chi connectivity index (χ2v) is 15.8. The summed E-state index contributed by atoms with van der Waals surface area (Å²) in [5.74, 6) is -3.55. The van der Waals surface area contributed by atoms with Crippen LogP contribution in [-0.2, 0) is 19.9 Å². The summed E-state index contributed by atoms with van der Waals surface area (Å²) in [5, 5.41) is 12.2. The minimum absolute atomic E-state index is 0.0361. The number of guanidine groups is 1. The van der Waals surface area contributed by atoms with E-state index >= 15 is 4.39 Å². The van der Waals surface area contributed by atoms with Gasteiger partial charge < -0.3 is 10.5 Å². The molecule has 3 heterocycles. The minimum atomic E-state index is -4.64. The second-order valence-electron chi connectivity index (χ2n) is 15.4. The number of carbonyl (C=O) groups is 2. The van der Waals surface area contributed by atoms with Gasteiger partial charge in [0.05, 0.1) is 35.1 Å². The number of benzene rings is 2. The van der Waals surface area contributed by atoms with E-state index in [2.05, 4.69) is 25.3 Å². The van der Waals surface area contributed by atoms with Crippen LogP contribution in [0, 0.1) is 16.6 Å². The van der Waals surface area contributed by atoms with E-state index in [0.29, 0.717) is 15.9 Å². The third-order valence-electron chi connectivity index (χ3n) is 10.0. The number of carbonyl (C=O) groups excluding carboxylic acids is 2. The molecular weight excluding hydrogens is 756 g/mol. The Hall–Kier alpha value is -5.00. The van der Waals surface area contributed by atoms with E-state index in [9.17, 15) is 31.5 Å². The van der Waals surface area contributed by atoms with Crippen LogP contribution in [0.5, 0.6) is 0 Å². The SMILES string of the molecule is CC(C)(C)C[C@]1(c2ccc(-c3cnn(C4CC4)n3)cc2F)N=C(N)N([C@H](COC(=O)CC2(C(F)(F)F)CC2)c2ccc(Cl)c(-c3ncnn3C(F)F)c2)C1=O. The fourth-order valence-corrected chi connectivity index (χ4v) is 7.19. The van der Waals surface area contributed by atoms with Gasteiger partial charge in [-0.25, -0.2) is 14.4 Å². The van der Waals surface area contributed by atoms with Gasteiger partial charge in [0.2, 0.25) is 0 Å². The molecule has 2 N–H and O–H groups in total. The Labute approximate surface area is 315 Å². The number of nitrogens with zero attached hydrogens (tertiary/aromatic N) is 8. The zero-order valence-electron chi connectivity index (χ0n) is 29.8. The molecule has 2 aromatic heterocycles. The van der Waals surface area contributed by atoms with Gasteiger partial charge in [0, 0.05) is 16.7 Å². The quantitative estimate of drug-likeness (QED) is 0.115. The van der Waals surface area contributed by atoms with Crippen molar-refractivity contribution in [2.24, 2.45) is 21.6 Å². The molecule has 2 atom stereocenters. The van der Waals surface area contributed by atoms with Crippen LogP contribution >= 0.6 is 11.6 Å². The highest BCUT2D eigenvalue weighted by Gasteiger charge is 2.64. The fourth-order valence-electron chi connectivity index (χ4n) is 6.99. The predicted octanol–water partition coefficient (Wildman–Crippen LogP) is 7.53. The predicted molar refractivity (Wildman–Crippen MR) is 186 cm³/mol. The molecule has 2 fully saturated rings.